The molecule has 11 nitrogen and oxygen atoms in total. The van der Waals surface area contributed by atoms with Gasteiger partial charge in [-0.15, -0.1) is 0 Å². The molecule has 12 heteroatoms. The Morgan fingerprint density at radius 2 is 1.80 bits per heavy atom. The van der Waals surface area contributed by atoms with Gasteiger partial charge in [-0.3, -0.25) is 4.79 Å². The number of nitrogens with one attached hydrogen (secondary N) is 2. The molecule has 0 radical (unpaired) electrons. The number of urea groups is 1. The van der Waals surface area contributed by atoms with Gasteiger partial charge in [0.05, 0.1) is 22.8 Å². The molecule has 0 bridgehead atoms. The molecule has 2 heterocycles. The molecule has 45 heavy (non-hydrogen) atoms. The van der Waals surface area contributed by atoms with Crippen LogP contribution in [0, 0.1) is 19.7 Å². The van der Waals surface area contributed by atoms with Crippen LogP contribution in [0.3, 0.4) is 0 Å². The maximum absolute atomic E-state index is 15.0. The van der Waals surface area contributed by atoms with Gasteiger partial charge in [0.1, 0.15) is 29.4 Å². The third-order valence-corrected chi connectivity index (χ3v) is 7.43. The Bertz CT molecular complexity index is 1920. The van der Waals surface area contributed by atoms with E-state index in [-0.39, 0.29) is 23.3 Å². The molecule has 0 saturated heterocycles. The van der Waals surface area contributed by atoms with Crippen LogP contribution in [0.2, 0.25) is 0 Å². The highest BCUT2D eigenvalue weighted by Crippen LogP contribution is 2.36. The van der Waals surface area contributed by atoms with Gasteiger partial charge < -0.3 is 16.4 Å². The number of ketones is 1. The molecule has 0 atom stereocenters. The number of aliphatic imine (C=N–C) groups is 1. The van der Waals surface area contributed by atoms with Crippen molar-refractivity contribution in [3.8, 4) is 11.3 Å². The summed E-state index contributed by atoms with van der Waals surface area (Å²) in [5.41, 5.74) is 10.9. The number of para-hydroxylation sites is 1. The van der Waals surface area contributed by atoms with Crippen molar-refractivity contribution in [3.63, 3.8) is 0 Å². The number of nitrogen functional groups attached to an aromatic ring is 1. The molecule has 2 aromatic heterocycles. The summed E-state index contributed by atoms with van der Waals surface area (Å²) in [4.78, 5) is 45.9. The Kier molecular flexibility index (Phi) is 9.35. The number of nitrogens with zero attached hydrogens (tertiary/aromatic N) is 5. The smallest absolute Gasteiger partial charge is 0.323 e. The van der Waals surface area contributed by atoms with Crippen LogP contribution in [0.1, 0.15) is 42.9 Å². The SMILES string of the molecule is Cc1cccc(NC(=O)Nc2ccc(-c3nn(C4CCC(=O)CC4)c4ncnc(N)c34)cc2F)c1.Cc1ccccc1N=C=O. The van der Waals surface area contributed by atoms with Crippen molar-refractivity contribution in [3.05, 3.63) is 90.0 Å². The lowest BCUT2D eigenvalue weighted by molar-refractivity contribution is -0.120. The summed E-state index contributed by atoms with van der Waals surface area (Å²) in [7, 11) is 0. The van der Waals surface area contributed by atoms with Crippen LogP contribution in [0.4, 0.5) is 32.1 Å². The predicted molar refractivity (Wildman–Crippen MR) is 170 cm³/mol. The number of Topliss-reactive ketones (excluding diaryl/α,β-unsaturated/α-hetero) is 1. The Morgan fingerprint density at radius 3 is 2.51 bits per heavy atom. The number of amides is 2. The lowest BCUT2D eigenvalue weighted by Gasteiger charge is -2.21. The van der Waals surface area contributed by atoms with Gasteiger partial charge in [-0.25, -0.2) is 28.6 Å². The number of hydrogen-bond acceptors (Lipinski definition) is 8. The monoisotopic (exact) mass is 606 g/mol. The maximum Gasteiger partial charge on any atom is 0.323 e. The zero-order chi connectivity index (χ0) is 31.9. The summed E-state index contributed by atoms with van der Waals surface area (Å²) >= 11 is 0. The van der Waals surface area contributed by atoms with Gasteiger partial charge in [-0.2, -0.15) is 10.1 Å². The van der Waals surface area contributed by atoms with E-state index in [1.54, 1.807) is 22.9 Å². The normalized spacial score (nSPS) is 13.0. The second kappa shape index (κ2) is 13.7. The molecule has 1 aliphatic carbocycles. The van der Waals surface area contributed by atoms with Crippen molar-refractivity contribution in [2.75, 3.05) is 16.4 Å². The van der Waals surface area contributed by atoms with Crippen molar-refractivity contribution < 1.29 is 18.8 Å². The number of carbonyl (C=O) groups is 2. The lowest BCUT2D eigenvalue weighted by atomic mass is 9.94. The second-order valence-corrected chi connectivity index (χ2v) is 10.7. The van der Waals surface area contributed by atoms with Gasteiger partial charge in [0.25, 0.3) is 0 Å². The molecule has 3 aromatic carbocycles. The van der Waals surface area contributed by atoms with Crippen LogP contribution in [-0.4, -0.2) is 37.6 Å². The zero-order valence-corrected chi connectivity index (χ0v) is 24.8. The first-order chi connectivity index (χ1) is 21.7. The number of carbonyl (C=O) groups excluding carboxylic acids is 3. The fourth-order valence-corrected chi connectivity index (χ4v) is 5.13. The topological polar surface area (TPSA) is 157 Å². The number of aromatic nitrogens is 4. The number of isocyanates is 1. The van der Waals surface area contributed by atoms with E-state index < -0.39 is 11.8 Å². The van der Waals surface area contributed by atoms with Gasteiger partial charge in [0.2, 0.25) is 6.08 Å². The van der Waals surface area contributed by atoms with Crippen LogP contribution in [0.5, 0.6) is 0 Å². The van der Waals surface area contributed by atoms with E-state index in [0.717, 1.165) is 11.1 Å². The fourth-order valence-electron chi connectivity index (χ4n) is 5.13. The molecule has 4 N–H and O–H groups in total. The first-order valence-corrected chi connectivity index (χ1v) is 14.3. The Balaban J connectivity index is 0.000000342. The highest BCUT2D eigenvalue weighted by molar-refractivity contribution is 6.01. The Morgan fingerprint density at radius 1 is 1.02 bits per heavy atom. The van der Waals surface area contributed by atoms with Crippen molar-refractivity contribution >= 4 is 51.8 Å². The molecule has 0 aliphatic heterocycles. The fraction of sp³-hybridized carbons (Fsp3) is 0.212. The van der Waals surface area contributed by atoms with E-state index in [1.807, 2.05) is 50.2 Å². The average Bonchev–Trinajstić information content (AvgIpc) is 3.41. The molecule has 2 amide bonds. The highest BCUT2D eigenvalue weighted by atomic mass is 19.1. The van der Waals surface area contributed by atoms with Crippen LogP contribution in [0.15, 0.2) is 78.0 Å². The van der Waals surface area contributed by atoms with E-state index in [4.69, 9.17) is 10.8 Å². The summed E-state index contributed by atoms with van der Waals surface area (Å²) in [6.07, 6.45) is 5.16. The minimum Gasteiger partial charge on any atom is -0.383 e. The largest absolute Gasteiger partial charge is 0.383 e. The lowest BCUT2D eigenvalue weighted by Crippen LogP contribution is -2.20. The quantitative estimate of drug-likeness (QED) is 0.146. The molecular formula is C33H31FN8O3. The van der Waals surface area contributed by atoms with Gasteiger partial charge in [0.15, 0.2) is 5.65 Å². The number of anilines is 3. The van der Waals surface area contributed by atoms with E-state index in [0.29, 0.717) is 59.3 Å². The van der Waals surface area contributed by atoms with Crippen LogP contribution in [0.25, 0.3) is 22.3 Å². The van der Waals surface area contributed by atoms with Crippen molar-refractivity contribution in [1.82, 2.24) is 19.7 Å². The molecule has 0 spiro atoms. The number of benzene rings is 3. The maximum atomic E-state index is 15.0. The van der Waals surface area contributed by atoms with E-state index >= 15 is 4.39 Å². The average molecular weight is 607 g/mol. The minimum atomic E-state index is -0.622. The van der Waals surface area contributed by atoms with Crippen LogP contribution < -0.4 is 16.4 Å². The van der Waals surface area contributed by atoms with Crippen molar-refractivity contribution in [1.29, 1.82) is 0 Å². The first-order valence-electron chi connectivity index (χ1n) is 14.3. The van der Waals surface area contributed by atoms with Gasteiger partial charge in [-0.05, 0) is 68.1 Å². The summed E-state index contributed by atoms with van der Waals surface area (Å²) in [6, 6.07) is 18.6. The van der Waals surface area contributed by atoms with E-state index in [2.05, 4.69) is 25.6 Å². The Labute approximate surface area is 258 Å². The summed E-state index contributed by atoms with van der Waals surface area (Å²) in [5.74, 6) is -0.143. The van der Waals surface area contributed by atoms with Crippen LogP contribution in [-0.2, 0) is 9.59 Å². The number of nitrogens with two attached hydrogens (primary N) is 1. The number of aryl methyl sites for hydroxylation is 2. The second-order valence-electron chi connectivity index (χ2n) is 10.7. The molecule has 0 unspecified atom stereocenters. The number of halogens is 1. The summed E-state index contributed by atoms with van der Waals surface area (Å²) in [6.45, 7) is 3.81. The number of rotatable bonds is 5. The van der Waals surface area contributed by atoms with Crippen molar-refractivity contribution in [2.45, 2.75) is 45.6 Å². The number of fused-ring (bicyclic) bond motifs is 1. The van der Waals surface area contributed by atoms with Crippen LogP contribution >= 0.6 is 0 Å². The first kappa shape index (κ1) is 30.7. The van der Waals surface area contributed by atoms with E-state index in [1.165, 1.54) is 24.5 Å². The molecule has 1 aliphatic rings. The predicted octanol–water partition coefficient (Wildman–Crippen LogP) is 6.81. The molecular weight excluding hydrogens is 575 g/mol. The third kappa shape index (κ3) is 7.26. The third-order valence-electron chi connectivity index (χ3n) is 7.43. The molecule has 1 saturated carbocycles. The standard InChI is InChI=1S/C25H24FN7O2.C8H7NO/c1-14-3-2-4-16(11-14)30-25(35)31-20-10-5-15(12-19(20)26)22-21-23(27)28-13-29-24(21)33(32-22)17-6-8-18(34)9-7-17;1-7-4-2-3-5-8(7)9-6-10/h2-5,10-13,17H,6-9H2,1H3,(H2,27,28,29)(H2,30,31,35);2-5H,1H3. The molecule has 1 fully saturated rings. The molecule has 6 rings (SSSR count). The summed E-state index contributed by atoms with van der Waals surface area (Å²) in [5, 5.41) is 10.5. The van der Waals surface area contributed by atoms with E-state index in [9.17, 15) is 14.4 Å². The highest BCUT2D eigenvalue weighted by Gasteiger charge is 2.26. The minimum absolute atomic E-state index is 0.00523. The van der Waals surface area contributed by atoms with Gasteiger partial charge in [0, 0.05) is 24.1 Å². The van der Waals surface area contributed by atoms with Gasteiger partial charge >= 0.3 is 6.03 Å². The number of hydrogen-bond donors (Lipinski definition) is 3. The zero-order valence-electron chi connectivity index (χ0n) is 24.8. The van der Waals surface area contributed by atoms with Crippen molar-refractivity contribution in [2.24, 2.45) is 4.99 Å². The molecule has 228 valence electrons. The van der Waals surface area contributed by atoms with Gasteiger partial charge in [-0.1, -0.05) is 36.4 Å². The summed E-state index contributed by atoms with van der Waals surface area (Å²) < 4.78 is 16.8. The molecule has 5 aromatic rings. The Hall–Kier alpha value is -5.74.